The van der Waals surface area contributed by atoms with Crippen LogP contribution < -0.4 is 14.4 Å². The summed E-state index contributed by atoms with van der Waals surface area (Å²) < 4.78 is 69.4. The zero-order chi connectivity index (χ0) is 23.4. The van der Waals surface area contributed by atoms with Gasteiger partial charge in [-0.2, -0.15) is 13.2 Å². The number of nitrogens with zero attached hydrogens (tertiary/aromatic N) is 1. The third-order valence-electron chi connectivity index (χ3n) is 4.49. The van der Waals surface area contributed by atoms with Gasteiger partial charge in [0.05, 0.1) is 35.7 Å². The maximum absolute atomic E-state index is 13.1. The van der Waals surface area contributed by atoms with Gasteiger partial charge in [0, 0.05) is 0 Å². The van der Waals surface area contributed by atoms with E-state index >= 15 is 0 Å². The molecule has 2 aromatic rings. The van der Waals surface area contributed by atoms with E-state index in [0.29, 0.717) is 22.5 Å². The molecule has 2 rings (SSSR count). The number of carbonyl (C=O) groups is 1. The van der Waals surface area contributed by atoms with Crippen LogP contribution >= 0.6 is 11.6 Å². The van der Waals surface area contributed by atoms with E-state index < -0.39 is 45.9 Å². The van der Waals surface area contributed by atoms with Gasteiger partial charge in [0.15, 0.2) is 0 Å². The lowest BCUT2D eigenvalue weighted by Crippen LogP contribution is -2.41. The van der Waals surface area contributed by atoms with Crippen LogP contribution in [-0.4, -0.2) is 34.2 Å². The highest BCUT2D eigenvalue weighted by atomic mass is 35.5. The molecule has 1 atom stereocenters. The average molecular weight is 479 g/mol. The second kappa shape index (κ2) is 9.78. The summed E-state index contributed by atoms with van der Waals surface area (Å²) in [5.74, 6) is -0.0612. The average Bonchev–Trinajstić information content (AvgIpc) is 2.69. The number of halogens is 4. The van der Waals surface area contributed by atoms with Gasteiger partial charge in [-0.05, 0) is 42.3 Å². The molecular formula is C20H22ClF3N2O4S. The third kappa shape index (κ3) is 6.51. The molecule has 0 spiro atoms. The summed E-state index contributed by atoms with van der Waals surface area (Å²) in [5, 5.41) is 2.48. The Balaban J connectivity index is 2.30. The number of sulfonamides is 1. The molecule has 0 aliphatic heterocycles. The minimum Gasteiger partial charge on any atom is -0.497 e. The van der Waals surface area contributed by atoms with Gasteiger partial charge < -0.3 is 10.1 Å². The standard InChI is InChI=1S/C20H22ClF3N2O4S/c1-4-17(13-5-8-15(30-2)9-6-13)25-19(27)12-26(31(3,28)29)18-11-14(20(22,23)24)7-10-16(18)21/h5-11,17H,4,12H2,1-3H3,(H,25,27)/t17-/m1/s1. The molecule has 170 valence electrons. The van der Waals surface area contributed by atoms with E-state index in [0.717, 1.165) is 24.0 Å². The van der Waals surface area contributed by atoms with Crippen LogP contribution in [0.2, 0.25) is 5.02 Å². The third-order valence-corrected chi connectivity index (χ3v) is 5.94. The second-order valence-corrected chi connectivity index (χ2v) is 9.05. The van der Waals surface area contributed by atoms with Crippen LogP contribution in [0.5, 0.6) is 5.75 Å². The zero-order valence-electron chi connectivity index (χ0n) is 17.0. The van der Waals surface area contributed by atoms with Crippen molar-refractivity contribution in [2.75, 3.05) is 24.2 Å². The molecule has 1 N–H and O–H groups in total. The van der Waals surface area contributed by atoms with Crippen LogP contribution in [0.25, 0.3) is 0 Å². The Hall–Kier alpha value is -2.46. The summed E-state index contributed by atoms with van der Waals surface area (Å²) >= 11 is 5.97. The van der Waals surface area contributed by atoms with Crippen molar-refractivity contribution in [3.05, 3.63) is 58.6 Å². The highest BCUT2D eigenvalue weighted by molar-refractivity contribution is 7.92. The van der Waals surface area contributed by atoms with Crippen molar-refractivity contribution < 1.29 is 31.1 Å². The molecule has 0 unspecified atom stereocenters. The van der Waals surface area contributed by atoms with Gasteiger partial charge in [-0.15, -0.1) is 0 Å². The van der Waals surface area contributed by atoms with Crippen LogP contribution in [-0.2, 0) is 21.0 Å². The summed E-state index contributed by atoms with van der Waals surface area (Å²) in [6.45, 7) is 1.10. The Labute approximate surface area is 184 Å². The second-order valence-electron chi connectivity index (χ2n) is 6.74. The Kier molecular flexibility index (Phi) is 7.82. The Morgan fingerprint density at radius 3 is 2.29 bits per heavy atom. The molecule has 0 heterocycles. The van der Waals surface area contributed by atoms with Crippen molar-refractivity contribution in [2.45, 2.75) is 25.6 Å². The minimum atomic E-state index is -4.70. The number of nitrogens with one attached hydrogen (secondary N) is 1. The number of rotatable bonds is 8. The van der Waals surface area contributed by atoms with Gasteiger partial charge in [0.1, 0.15) is 12.3 Å². The van der Waals surface area contributed by atoms with Crippen LogP contribution in [0.1, 0.15) is 30.5 Å². The lowest BCUT2D eigenvalue weighted by atomic mass is 10.0. The van der Waals surface area contributed by atoms with Gasteiger partial charge in [0.25, 0.3) is 0 Å². The van der Waals surface area contributed by atoms with Crippen LogP contribution in [0.3, 0.4) is 0 Å². The first kappa shape index (κ1) is 24.8. The normalized spacial score (nSPS) is 12.9. The van der Waals surface area contributed by atoms with Gasteiger partial charge in [-0.3, -0.25) is 9.10 Å². The molecule has 0 radical (unpaired) electrons. The first-order chi connectivity index (χ1) is 14.4. The number of carbonyl (C=O) groups excluding carboxylic acids is 1. The number of alkyl halides is 3. The summed E-state index contributed by atoms with van der Waals surface area (Å²) in [7, 11) is -2.59. The Bertz CT molecular complexity index is 1030. The number of anilines is 1. The molecule has 1 amide bonds. The quantitative estimate of drug-likeness (QED) is 0.610. The first-order valence-electron chi connectivity index (χ1n) is 9.14. The maximum atomic E-state index is 13.1. The van der Waals surface area contributed by atoms with Crippen molar-refractivity contribution in [1.29, 1.82) is 0 Å². The van der Waals surface area contributed by atoms with E-state index in [2.05, 4.69) is 5.32 Å². The number of hydrogen-bond donors (Lipinski definition) is 1. The molecule has 11 heteroatoms. The molecule has 0 bridgehead atoms. The van der Waals surface area contributed by atoms with E-state index in [1.54, 1.807) is 24.3 Å². The maximum Gasteiger partial charge on any atom is 0.416 e. The number of methoxy groups -OCH3 is 1. The fourth-order valence-electron chi connectivity index (χ4n) is 2.89. The van der Waals surface area contributed by atoms with Gasteiger partial charge >= 0.3 is 6.18 Å². The van der Waals surface area contributed by atoms with Crippen molar-refractivity contribution in [3.63, 3.8) is 0 Å². The van der Waals surface area contributed by atoms with E-state index in [1.807, 2.05) is 6.92 Å². The zero-order valence-corrected chi connectivity index (χ0v) is 18.6. The van der Waals surface area contributed by atoms with Gasteiger partial charge in [-0.1, -0.05) is 30.7 Å². The van der Waals surface area contributed by atoms with Crippen molar-refractivity contribution in [1.82, 2.24) is 5.32 Å². The summed E-state index contributed by atoms with van der Waals surface area (Å²) in [6, 6.07) is 8.81. The van der Waals surface area contributed by atoms with E-state index in [-0.39, 0.29) is 5.02 Å². The predicted molar refractivity (Wildman–Crippen MR) is 113 cm³/mol. The van der Waals surface area contributed by atoms with Gasteiger partial charge in [0.2, 0.25) is 15.9 Å². The van der Waals surface area contributed by atoms with E-state index in [9.17, 15) is 26.4 Å². The smallest absolute Gasteiger partial charge is 0.416 e. The molecule has 0 saturated carbocycles. The first-order valence-corrected chi connectivity index (χ1v) is 11.4. The monoisotopic (exact) mass is 478 g/mol. The molecule has 0 aliphatic carbocycles. The molecule has 6 nitrogen and oxygen atoms in total. The van der Waals surface area contributed by atoms with Crippen molar-refractivity contribution in [3.8, 4) is 5.75 Å². The highest BCUT2D eigenvalue weighted by Gasteiger charge is 2.33. The number of hydrogen-bond acceptors (Lipinski definition) is 4. The largest absolute Gasteiger partial charge is 0.497 e. The van der Waals surface area contributed by atoms with Crippen molar-refractivity contribution >= 4 is 33.2 Å². The highest BCUT2D eigenvalue weighted by Crippen LogP contribution is 2.36. The molecule has 2 aromatic carbocycles. The predicted octanol–water partition coefficient (Wildman–Crippen LogP) is 4.40. The van der Waals surface area contributed by atoms with Gasteiger partial charge in [-0.25, -0.2) is 8.42 Å². The van der Waals surface area contributed by atoms with Crippen LogP contribution in [0, 0.1) is 0 Å². The van der Waals surface area contributed by atoms with Crippen LogP contribution in [0.4, 0.5) is 18.9 Å². The summed E-state index contributed by atoms with van der Waals surface area (Å²) in [4.78, 5) is 12.6. The molecule has 31 heavy (non-hydrogen) atoms. The Morgan fingerprint density at radius 1 is 1.19 bits per heavy atom. The van der Waals surface area contributed by atoms with E-state index in [4.69, 9.17) is 16.3 Å². The lowest BCUT2D eigenvalue weighted by molar-refractivity contribution is -0.137. The molecule has 0 aliphatic rings. The fourth-order valence-corrected chi connectivity index (χ4v) is 4.02. The summed E-state index contributed by atoms with van der Waals surface area (Å²) in [5.41, 5.74) is -0.739. The molecule has 0 aromatic heterocycles. The number of benzene rings is 2. The van der Waals surface area contributed by atoms with Crippen molar-refractivity contribution in [2.24, 2.45) is 0 Å². The minimum absolute atomic E-state index is 0.228. The van der Waals surface area contributed by atoms with E-state index in [1.165, 1.54) is 7.11 Å². The molecular weight excluding hydrogens is 457 g/mol. The SMILES string of the molecule is CC[C@@H](NC(=O)CN(c1cc(C(F)(F)F)ccc1Cl)S(C)(=O)=O)c1ccc(OC)cc1. The molecule has 0 fully saturated rings. The Morgan fingerprint density at radius 2 is 1.81 bits per heavy atom. The molecule has 0 saturated heterocycles. The topological polar surface area (TPSA) is 75.7 Å². The van der Waals surface area contributed by atoms with Crippen LogP contribution in [0.15, 0.2) is 42.5 Å². The lowest BCUT2D eigenvalue weighted by Gasteiger charge is -2.25. The fraction of sp³-hybridized carbons (Fsp3) is 0.350. The summed E-state index contributed by atoms with van der Waals surface area (Å²) in [6.07, 6.45) is -3.41. The number of amides is 1. The number of ether oxygens (including phenoxy) is 1.